The monoisotopic (exact) mass is 422 g/mol. The van der Waals surface area contributed by atoms with E-state index in [1.807, 2.05) is 6.07 Å². The van der Waals surface area contributed by atoms with Crippen LogP contribution in [0, 0.1) is 28.5 Å². The van der Waals surface area contributed by atoms with E-state index < -0.39 is 6.04 Å². The molecule has 1 spiro atoms. The first-order chi connectivity index (χ1) is 14.9. The van der Waals surface area contributed by atoms with E-state index in [0.717, 1.165) is 44.3 Å². The van der Waals surface area contributed by atoms with Crippen molar-refractivity contribution in [1.29, 1.82) is 5.26 Å². The Balaban J connectivity index is 1.21. The second-order valence-corrected chi connectivity index (χ2v) is 10.1. The minimum atomic E-state index is -0.723. The quantitative estimate of drug-likeness (QED) is 0.766. The lowest BCUT2D eigenvalue weighted by Gasteiger charge is -2.45. The summed E-state index contributed by atoms with van der Waals surface area (Å²) in [5.41, 5.74) is 2.95. The van der Waals surface area contributed by atoms with Gasteiger partial charge in [-0.3, -0.25) is 4.79 Å². The number of hydrogen-bond donors (Lipinski definition) is 2. The van der Waals surface area contributed by atoms with Crippen LogP contribution in [-0.2, 0) is 11.2 Å². The number of amides is 1. The number of hydrogen-bond acceptors (Lipinski definition) is 4. The van der Waals surface area contributed by atoms with E-state index in [1.54, 1.807) is 12.1 Å². The third kappa shape index (κ3) is 4.02. The Bertz CT molecular complexity index is 943. The number of carbonyl (C=O) groups is 1. The van der Waals surface area contributed by atoms with Crippen molar-refractivity contribution >= 4 is 11.5 Å². The van der Waals surface area contributed by atoms with Crippen LogP contribution in [0.5, 0.6) is 0 Å². The number of rotatable bonds is 5. The molecule has 0 aromatic heterocycles. The van der Waals surface area contributed by atoms with Gasteiger partial charge in [-0.2, -0.15) is 5.26 Å². The summed E-state index contributed by atoms with van der Waals surface area (Å²) in [6.45, 7) is 2.24. The topological polar surface area (TPSA) is 68.2 Å². The van der Waals surface area contributed by atoms with Crippen LogP contribution in [0.2, 0.25) is 0 Å². The molecule has 2 heterocycles. The largest absolute Gasteiger partial charge is 0.339 e. The molecule has 1 amide bonds. The van der Waals surface area contributed by atoms with Crippen LogP contribution >= 0.6 is 0 Å². The molecule has 5 rings (SSSR count). The molecule has 1 saturated carbocycles. The van der Waals surface area contributed by atoms with E-state index in [0.29, 0.717) is 22.9 Å². The van der Waals surface area contributed by atoms with Crippen LogP contribution in [-0.4, -0.2) is 49.1 Å². The standard InChI is InChI=1S/C25H31FN4O/c1-30-8-6-25(7-9-30)13-19(14-25)16-2-3-17(22(26)12-16)10-21(15-27)29-24(31)23-18-4-5-20(11-18)28-23/h2-3,12-13,18,20-21,23,28H,4-11,14H2,1H3,(H,29,31)/t18-,20+,21-,23-/m0/s1. The van der Waals surface area contributed by atoms with E-state index in [1.165, 1.54) is 18.4 Å². The van der Waals surface area contributed by atoms with Crippen molar-refractivity contribution in [3.05, 3.63) is 41.2 Å². The van der Waals surface area contributed by atoms with E-state index >= 15 is 0 Å². The van der Waals surface area contributed by atoms with Gasteiger partial charge in [0.15, 0.2) is 0 Å². The normalized spacial score (nSPS) is 29.8. The fourth-order valence-corrected chi connectivity index (χ4v) is 5.96. The summed E-state index contributed by atoms with van der Waals surface area (Å²) in [6.07, 6.45) is 9.13. The molecule has 2 aliphatic heterocycles. The minimum Gasteiger partial charge on any atom is -0.339 e. The number of allylic oxidation sites excluding steroid dienone is 2. The first-order valence-corrected chi connectivity index (χ1v) is 11.6. The van der Waals surface area contributed by atoms with E-state index in [2.05, 4.69) is 34.7 Å². The fourth-order valence-electron chi connectivity index (χ4n) is 5.96. The molecule has 2 N–H and O–H groups in total. The van der Waals surface area contributed by atoms with Gasteiger partial charge in [-0.15, -0.1) is 0 Å². The van der Waals surface area contributed by atoms with Gasteiger partial charge in [0.2, 0.25) is 5.91 Å². The molecule has 5 nitrogen and oxygen atoms in total. The van der Waals surface area contributed by atoms with Crippen LogP contribution < -0.4 is 10.6 Å². The molecule has 2 aliphatic carbocycles. The van der Waals surface area contributed by atoms with Crippen molar-refractivity contribution in [1.82, 2.24) is 15.5 Å². The molecule has 0 unspecified atom stereocenters. The summed E-state index contributed by atoms with van der Waals surface area (Å²) in [5, 5.41) is 15.7. The first kappa shape index (κ1) is 20.7. The lowest BCUT2D eigenvalue weighted by atomic mass is 9.64. The molecule has 4 aliphatic rings. The van der Waals surface area contributed by atoms with Gasteiger partial charge < -0.3 is 15.5 Å². The van der Waals surface area contributed by atoms with Crippen LogP contribution in [0.4, 0.5) is 4.39 Å². The van der Waals surface area contributed by atoms with Crippen molar-refractivity contribution in [3.63, 3.8) is 0 Å². The second-order valence-electron chi connectivity index (χ2n) is 10.1. The number of fused-ring (bicyclic) bond motifs is 2. The van der Waals surface area contributed by atoms with Crippen molar-refractivity contribution in [3.8, 4) is 6.07 Å². The van der Waals surface area contributed by atoms with Gasteiger partial charge in [0.25, 0.3) is 0 Å². The second kappa shape index (κ2) is 8.03. The number of nitriles is 1. The molecule has 164 valence electrons. The van der Waals surface area contributed by atoms with Crippen LogP contribution in [0.1, 0.15) is 49.7 Å². The van der Waals surface area contributed by atoms with Crippen molar-refractivity contribution in [2.24, 2.45) is 11.3 Å². The number of piperidine rings is 2. The molecule has 6 heteroatoms. The molecule has 4 atom stereocenters. The fraction of sp³-hybridized carbons (Fsp3) is 0.600. The van der Waals surface area contributed by atoms with E-state index in [-0.39, 0.29) is 24.2 Å². The predicted octanol–water partition coefficient (Wildman–Crippen LogP) is 3.02. The maximum Gasteiger partial charge on any atom is 0.238 e. The summed E-state index contributed by atoms with van der Waals surface area (Å²) in [4.78, 5) is 15.0. The van der Waals surface area contributed by atoms with Crippen LogP contribution in [0.25, 0.3) is 5.57 Å². The smallest absolute Gasteiger partial charge is 0.238 e. The molecular weight excluding hydrogens is 391 g/mol. The Hall–Kier alpha value is -2.23. The SMILES string of the molecule is CN1CCC2(C=C(c3ccc(C[C@@H](C#N)NC(=O)[C@H]4N[C@@H]5CC[C@H]4C5)c(F)c3)C2)CC1. The zero-order valence-electron chi connectivity index (χ0n) is 18.2. The van der Waals surface area contributed by atoms with Gasteiger partial charge in [-0.25, -0.2) is 4.39 Å². The predicted molar refractivity (Wildman–Crippen MR) is 117 cm³/mol. The zero-order chi connectivity index (χ0) is 21.6. The van der Waals surface area contributed by atoms with Gasteiger partial charge in [0.05, 0.1) is 12.1 Å². The Morgan fingerprint density at radius 3 is 2.77 bits per heavy atom. The average molecular weight is 423 g/mol. The maximum absolute atomic E-state index is 14.8. The Labute approximate surface area is 183 Å². The van der Waals surface area contributed by atoms with Crippen molar-refractivity contribution in [2.45, 2.75) is 63.1 Å². The van der Waals surface area contributed by atoms with Crippen molar-refractivity contribution < 1.29 is 9.18 Å². The highest BCUT2D eigenvalue weighted by atomic mass is 19.1. The van der Waals surface area contributed by atoms with Crippen molar-refractivity contribution in [2.75, 3.05) is 20.1 Å². The summed E-state index contributed by atoms with van der Waals surface area (Å²) in [6, 6.07) is 6.96. The first-order valence-electron chi connectivity index (χ1n) is 11.6. The van der Waals surface area contributed by atoms with Gasteiger partial charge in [-0.05, 0) is 92.8 Å². The molecule has 0 radical (unpaired) electrons. The number of halogens is 1. The minimum absolute atomic E-state index is 0.126. The highest BCUT2D eigenvalue weighted by Gasteiger charge is 2.43. The van der Waals surface area contributed by atoms with Crippen LogP contribution in [0.3, 0.4) is 0 Å². The number of benzene rings is 1. The summed E-state index contributed by atoms with van der Waals surface area (Å²) >= 11 is 0. The maximum atomic E-state index is 14.8. The third-order valence-corrected chi connectivity index (χ3v) is 7.97. The molecule has 3 fully saturated rings. The van der Waals surface area contributed by atoms with Gasteiger partial charge >= 0.3 is 0 Å². The Morgan fingerprint density at radius 2 is 2.16 bits per heavy atom. The third-order valence-electron chi connectivity index (χ3n) is 7.97. The lowest BCUT2D eigenvalue weighted by Crippen LogP contribution is -2.50. The highest BCUT2D eigenvalue weighted by Crippen LogP contribution is 2.50. The highest BCUT2D eigenvalue weighted by molar-refractivity contribution is 5.83. The van der Waals surface area contributed by atoms with E-state index in [4.69, 9.17) is 0 Å². The van der Waals surface area contributed by atoms with Gasteiger partial charge in [0, 0.05) is 12.5 Å². The number of likely N-dealkylation sites (tertiary alicyclic amines) is 1. The summed E-state index contributed by atoms with van der Waals surface area (Å²) in [7, 11) is 2.16. The molecule has 1 aromatic rings. The van der Waals surface area contributed by atoms with Gasteiger partial charge in [0.1, 0.15) is 11.9 Å². The summed E-state index contributed by atoms with van der Waals surface area (Å²) < 4.78 is 14.8. The lowest BCUT2D eigenvalue weighted by molar-refractivity contribution is -0.124. The Morgan fingerprint density at radius 1 is 1.39 bits per heavy atom. The molecule has 2 bridgehead atoms. The van der Waals surface area contributed by atoms with Gasteiger partial charge in [-0.1, -0.05) is 18.2 Å². The number of carbonyl (C=O) groups excluding carboxylic acids is 1. The summed E-state index contributed by atoms with van der Waals surface area (Å²) in [5.74, 6) is -0.0573. The molecule has 1 aromatic carbocycles. The molecule has 31 heavy (non-hydrogen) atoms. The van der Waals surface area contributed by atoms with Crippen LogP contribution in [0.15, 0.2) is 24.3 Å². The number of nitrogens with one attached hydrogen (secondary N) is 2. The molecule has 2 saturated heterocycles. The average Bonchev–Trinajstić information content (AvgIpc) is 3.37. The molecular formula is C25H31FN4O. The Kier molecular flexibility index (Phi) is 5.35. The zero-order valence-corrected chi connectivity index (χ0v) is 18.2. The van der Waals surface area contributed by atoms with E-state index in [9.17, 15) is 14.4 Å². The number of nitrogens with zero attached hydrogens (tertiary/aromatic N) is 2.